The minimum Gasteiger partial charge on any atom is -0.284 e. The van der Waals surface area contributed by atoms with Crippen LogP contribution in [-0.4, -0.2) is 23.5 Å². The highest BCUT2D eigenvalue weighted by Gasteiger charge is 2.19. The third-order valence-electron chi connectivity index (χ3n) is 2.53. The van der Waals surface area contributed by atoms with Gasteiger partial charge in [0.05, 0.1) is 22.4 Å². The highest BCUT2D eigenvalue weighted by atomic mass is 32.2. The molecule has 2 aromatic rings. The topological polar surface area (TPSA) is 118 Å². The fourth-order valence-corrected chi connectivity index (χ4v) is 2.55. The predicted molar refractivity (Wildman–Crippen MR) is 67.2 cm³/mol. The molecule has 0 aliphatic carbocycles. The fraction of sp³-hybridized carbons (Fsp3) is 0.100. The van der Waals surface area contributed by atoms with Crippen LogP contribution in [0.3, 0.4) is 0 Å². The van der Waals surface area contributed by atoms with Crippen LogP contribution < -0.4 is 4.72 Å². The van der Waals surface area contributed by atoms with Crippen molar-refractivity contribution in [1.29, 1.82) is 0 Å². The van der Waals surface area contributed by atoms with Crippen LogP contribution in [0.2, 0.25) is 0 Å². The van der Waals surface area contributed by atoms with Crippen LogP contribution in [0.15, 0.2) is 35.5 Å². The number of nitrogens with one attached hydrogen (secondary N) is 2. The summed E-state index contributed by atoms with van der Waals surface area (Å²) in [5.41, 5.74) is 0.266. The van der Waals surface area contributed by atoms with Gasteiger partial charge in [-0.1, -0.05) is 6.07 Å². The number of anilines is 1. The summed E-state index contributed by atoms with van der Waals surface area (Å²) in [7, 11) is -3.80. The van der Waals surface area contributed by atoms with Crippen LogP contribution in [0.5, 0.6) is 0 Å². The molecule has 9 heteroatoms. The number of hydrogen-bond donors (Lipinski definition) is 2. The summed E-state index contributed by atoms with van der Waals surface area (Å²) >= 11 is 0. The molecule has 0 fully saturated rings. The fourth-order valence-electron chi connectivity index (χ4n) is 1.52. The number of nitro benzene ring substituents is 1. The molecule has 0 spiro atoms. The number of nitro groups is 1. The van der Waals surface area contributed by atoms with E-state index in [1.54, 1.807) is 0 Å². The molecule has 1 aromatic heterocycles. The van der Waals surface area contributed by atoms with Crippen molar-refractivity contribution in [2.45, 2.75) is 11.8 Å². The van der Waals surface area contributed by atoms with Crippen LogP contribution >= 0.6 is 0 Å². The summed E-state index contributed by atoms with van der Waals surface area (Å²) in [5, 5.41) is 16.7. The van der Waals surface area contributed by atoms with Gasteiger partial charge in [-0.25, -0.2) is 8.42 Å². The number of sulfonamides is 1. The molecule has 0 aliphatic heterocycles. The third kappa shape index (κ3) is 2.55. The van der Waals surface area contributed by atoms with Gasteiger partial charge in [0.25, 0.3) is 15.7 Å². The largest absolute Gasteiger partial charge is 0.284 e. The zero-order valence-corrected chi connectivity index (χ0v) is 10.6. The van der Waals surface area contributed by atoms with Gasteiger partial charge in [-0.05, 0) is 13.0 Å². The van der Waals surface area contributed by atoms with E-state index in [2.05, 4.69) is 14.9 Å². The predicted octanol–water partition coefficient (Wildman–Crippen LogP) is 1.43. The molecule has 0 aliphatic rings. The highest BCUT2D eigenvalue weighted by Crippen LogP contribution is 2.26. The van der Waals surface area contributed by atoms with Crippen LogP contribution in [-0.2, 0) is 10.0 Å². The van der Waals surface area contributed by atoms with E-state index in [4.69, 9.17) is 0 Å². The van der Waals surface area contributed by atoms with Gasteiger partial charge in [0.2, 0.25) is 0 Å². The van der Waals surface area contributed by atoms with Gasteiger partial charge in [0.15, 0.2) is 0 Å². The average Bonchev–Trinajstić information content (AvgIpc) is 2.85. The molecule has 0 bridgehead atoms. The van der Waals surface area contributed by atoms with E-state index in [1.807, 2.05) is 0 Å². The Labute approximate surface area is 108 Å². The van der Waals surface area contributed by atoms with Gasteiger partial charge in [-0.2, -0.15) is 5.10 Å². The molecule has 0 atom stereocenters. The lowest BCUT2D eigenvalue weighted by Crippen LogP contribution is -2.13. The van der Waals surface area contributed by atoms with E-state index in [1.165, 1.54) is 31.3 Å². The lowest BCUT2D eigenvalue weighted by Gasteiger charge is -2.09. The number of aromatic amines is 1. The van der Waals surface area contributed by atoms with Crippen molar-refractivity contribution in [3.05, 3.63) is 46.3 Å². The van der Waals surface area contributed by atoms with Crippen LogP contribution in [0, 0.1) is 17.0 Å². The van der Waals surface area contributed by atoms with E-state index in [-0.39, 0.29) is 21.8 Å². The van der Waals surface area contributed by atoms with Crippen LogP contribution in [0.4, 0.5) is 11.4 Å². The Balaban J connectivity index is 2.40. The normalized spacial score (nSPS) is 11.2. The molecular formula is C10H10N4O4S. The molecule has 8 nitrogen and oxygen atoms in total. The lowest BCUT2D eigenvalue weighted by molar-refractivity contribution is -0.385. The van der Waals surface area contributed by atoms with E-state index < -0.39 is 14.9 Å². The summed E-state index contributed by atoms with van der Waals surface area (Å²) in [6.45, 7) is 1.48. The number of H-pyrrole nitrogens is 1. The molecule has 19 heavy (non-hydrogen) atoms. The van der Waals surface area contributed by atoms with Gasteiger partial charge in [0, 0.05) is 12.3 Å². The second-order valence-electron chi connectivity index (χ2n) is 3.75. The maximum atomic E-state index is 12.0. The number of rotatable bonds is 4. The third-order valence-corrected chi connectivity index (χ3v) is 3.86. The number of benzene rings is 1. The zero-order chi connectivity index (χ0) is 14.0. The van der Waals surface area contributed by atoms with Crippen molar-refractivity contribution in [1.82, 2.24) is 10.2 Å². The van der Waals surface area contributed by atoms with Gasteiger partial charge in [0.1, 0.15) is 4.90 Å². The van der Waals surface area contributed by atoms with E-state index in [0.29, 0.717) is 0 Å². The molecule has 2 N–H and O–H groups in total. The Morgan fingerprint density at radius 1 is 1.42 bits per heavy atom. The second-order valence-corrected chi connectivity index (χ2v) is 5.43. The lowest BCUT2D eigenvalue weighted by atomic mass is 10.2. The zero-order valence-electron chi connectivity index (χ0n) is 9.82. The molecule has 100 valence electrons. The minimum atomic E-state index is -3.80. The first-order valence-electron chi connectivity index (χ1n) is 5.17. The maximum absolute atomic E-state index is 12.0. The maximum Gasteiger partial charge on any atom is 0.274 e. The summed E-state index contributed by atoms with van der Waals surface area (Å²) in [6.07, 6.45) is 2.37. The Morgan fingerprint density at radius 2 is 2.16 bits per heavy atom. The Hall–Kier alpha value is -2.42. The quantitative estimate of drug-likeness (QED) is 0.649. The molecule has 0 radical (unpaired) electrons. The van der Waals surface area contributed by atoms with E-state index in [9.17, 15) is 18.5 Å². The number of hydrogen-bond acceptors (Lipinski definition) is 5. The standard InChI is InChI=1S/C10H10N4O4S/c1-7-9(3-2-4-10(7)14(15)16)13-19(17,18)8-5-11-12-6-8/h2-6,13H,1H3,(H,11,12). The first-order chi connectivity index (χ1) is 8.92. The second kappa shape index (κ2) is 4.69. The highest BCUT2D eigenvalue weighted by molar-refractivity contribution is 7.92. The molecule has 0 saturated heterocycles. The van der Waals surface area contributed by atoms with Crippen molar-refractivity contribution < 1.29 is 13.3 Å². The first kappa shape index (κ1) is 13.0. The van der Waals surface area contributed by atoms with Crippen molar-refractivity contribution in [3.63, 3.8) is 0 Å². The van der Waals surface area contributed by atoms with Crippen LogP contribution in [0.25, 0.3) is 0 Å². The smallest absolute Gasteiger partial charge is 0.274 e. The molecular weight excluding hydrogens is 272 g/mol. The molecule has 1 heterocycles. The molecule has 0 saturated carbocycles. The molecule has 0 unspecified atom stereocenters. The van der Waals surface area contributed by atoms with Gasteiger partial charge < -0.3 is 0 Å². The Morgan fingerprint density at radius 3 is 2.74 bits per heavy atom. The Bertz CT molecular complexity index is 709. The van der Waals surface area contributed by atoms with Crippen molar-refractivity contribution in [3.8, 4) is 0 Å². The first-order valence-corrected chi connectivity index (χ1v) is 6.66. The minimum absolute atomic E-state index is 0.0431. The van der Waals surface area contributed by atoms with Crippen molar-refractivity contribution >= 4 is 21.4 Å². The summed E-state index contributed by atoms with van der Waals surface area (Å²) in [5.74, 6) is 0. The molecule has 1 aromatic carbocycles. The van der Waals surface area contributed by atoms with Gasteiger partial charge >= 0.3 is 0 Å². The van der Waals surface area contributed by atoms with Crippen molar-refractivity contribution in [2.75, 3.05) is 4.72 Å². The SMILES string of the molecule is Cc1c(NS(=O)(=O)c2cn[nH]c2)cccc1[N+](=O)[O-]. The monoisotopic (exact) mass is 282 g/mol. The van der Waals surface area contributed by atoms with Crippen LogP contribution in [0.1, 0.15) is 5.56 Å². The number of aromatic nitrogens is 2. The average molecular weight is 282 g/mol. The number of nitrogens with zero attached hydrogens (tertiary/aromatic N) is 2. The molecule has 0 amide bonds. The van der Waals surface area contributed by atoms with Gasteiger partial charge in [-0.15, -0.1) is 0 Å². The summed E-state index contributed by atoms with van der Waals surface area (Å²) < 4.78 is 26.2. The van der Waals surface area contributed by atoms with Gasteiger partial charge in [-0.3, -0.25) is 19.9 Å². The van der Waals surface area contributed by atoms with E-state index >= 15 is 0 Å². The van der Waals surface area contributed by atoms with Crippen molar-refractivity contribution in [2.24, 2.45) is 0 Å². The Kier molecular flexibility index (Phi) is 3.21. The molecule has 2 rings (SSSR count). The summed E-state index contributed by atoms with van der Waals surface area (Å²) in [4.78, 5) is 10.2. The van der Waals surface area contributed by atoms with E-state index in [0.717, 1.165) is 6.20 Å². The summed E-state index contributed by atoms with van der Waals surface area (Å²) in [6, 6.07) is 4.18.